The molecular formula is C9H16N4O2. The Morgan fingerprint density at radius 3 is 2.87 bits per heavy atom. The SMILES string of the molecule is CCOC(=O)c1nnnn1CC(C)CC. The summed E-state index contributed by atoms with van der Waals surface area (Å²) in [6.45, 7) is 6.88. The molecule has 1 unspecified atom stereocenters. The lowest BCUT2D eigenvalue weighted by Gasteiger charge is -2.08. The number of hydrogen-bond donors (Lipinski definition) is 0. The summed E-state index contributed by atoms with van der Waals surface area (Å²) < 4.78 is 6.33. The maximum absolute atomic E-state index is 11.4. The van der Waals surface area contributed by atoms with E-state index in [1.165, 1.54) is 4.68 Å². The fraction of sp³-hybridized carbons (Fsp3) is 0.778. The van der Waals surface area contributed by atoms with Gasteiger partial charge in [-0.25, -0.2) is 9.48 Å². The number of carbonyl (C=O) groups excluding carboxylic acids is 1. The molecule has 0 aliphatic rings. The van der Waals surface area contributed by atoms with Crippen LogP contribution in [0, 0.1) is 5.92 Å². The Kier molecular flexibility index (Phi) is 4.20. The number of rotatable bonds is 5. The molecule has 0 aromatic carbocycles. The Morgan fingerprint density at radius 2 is 2.27 bits per heavy atom. The number of aromatic nitrogens is 4. The van der Waals surface area contributed by atoms with Gasteiger partial charge < -0.3 is 4.74 Å². The van der Waals surface area contributed by atoms with Gasteiger partial charge in [-0.3, -0.25) is 0 Å². The van der Waals surface area contributed by atoms with Crippen LogP contribution in [0.5, 0.6) is 0 Å². The van der Waals surface area contributed by atoms with Crippen molar-refractivity contribution in [1.29, 1.82) is 0 Å². The Labute approximate surface area is 88.6 Å². The van der Waals surface area contributed by atoms with E-state index in [0.29, 0.717) is 19.1 Å². The van der Waals surface area contributed by atoms with Crippen molar-refractivity contribution >= 4 is 5.97 Å². The lowest BCUT2D eigenvalue weighted by atomic mass is 10.1. The standard InChI is InChI=1S/C9H16N4O2/c1-4-7(3)6-13-8(10-11-12-13)9(14)15-5-2/h7H,4-6H2,1-3H3. The molecule has 1 aromatic rings. The van der Waals surface area contributed by atoms with Crippen LogP contribution in [0.25, 0.3) is 0 Å². The Balaban J connectivity index is 2.73. The summed E-state index contributed by atoms with van der Waals surface area (Å²) in [4.78, 5) is 11.4. The summed E-state index contributed by atoms with van der Waals surface area (Å²) in [5.74, 6) is 0.143. The van der Waals surface area contributed by atoms with Crippen LogP contribution in [0.3, 0.4) is 0 Å². The summed E-state index contributed by atoms with van der Waals surface area (Å²) in [7, 11) is 0. The van der Waals surface area contributed by atoms with Crippen molar-refractivity contribution in [2.75, 3.05) is 6.61 Å². The minimum absolute atomic E-state index is 0.178. The summed E-state index contributed by atoms with van der Waals surface area (Å²) in [6, 6.07) is 0. The highest BCUT2D eigenvalue weighted by molar-refractivity contribution is 5.85. The molecule has 15 heavy (non-hydrogen) atoms. The molecule has 1 atom stereocenters. The van der Waals surface area contributed by atoms with Gasteiger partial charge in [0.25, 0.3) is 5.82 Å². The van der Waals surface area contributed by atoms with Gasteiger partial charge in [0.1, 0.15) is 0 Å². The zero-order chi connectivity index (χ0) is 11.3. The average Bonchev–Trinajstić information content (AvgIpc) is 2.66. The molecule has 0 fully saturated rings. The van der Waals surface area contributed by atoms with E-state index in [0.717, 1.165) is 6.42 Å². The molecule has 84 valence electrons. The maximum atomic E-state index is 11.4. The Morgan fingerprint density at radius 1 is 1.53 bits per heavy atom. The zero-order valence-electron chi connectivity index (χ0n) is 9.30. The molecule has 1 rings (SSSR count). The van der Waals surface area contributed by atoms with Gasteiger partial charge in [0.15, 0.2) is 0 Å². The van der Waals surface area contributed by atoms with E-state index < -0.39 is 5.97 Å². The van der Waals surface area contributed by atoms with Crippen LogP contribution >= 0.6 is 0 Å². The topological polar surface area (TPSA) is 69.9 Å². The highest BCUT2D eigenvalue weighted by atomic mass is 16.5. The molecule has 0 aliphatic carbocycles. The van der Waals surface area contributed by atoms with Gasteiger partial charge >= 0.3 is 5.97 Å². The van der Waals surface area contributed by atoms with Gasteiger partial charge in [-0.2, -0.15) is 0 Å². The van der Waals surface area contributed by atoms with Gasteiger partial charge in [-0.05, 0) is 23.3 Å². The quantitative estimate of drug-likeness (QED) is 0.678. The van der Waals surface area contributed by atoms with Gasteiger partial charge in [0, 0.05) is 6.54 Å². The molecule has 6 heteroatoms. The lowest BCUT2D eigenvalue weighted by Crippen LogP contribution is -2.17. The molecule has 1 aromatic heterocycles. The molecule has 0 saturated carbocycles. The smallest absolute Gasteiger partial charge is 0.378 e. The number of tetrazole rings is 1. The first-order chi connectivity index (χ1) is 7.19. The van der Waals surface area contributed by atoms with E-state index >= 15 is 0 Å². The first-order valence-electron chi connectivity index (χ1n) is 5.12. The molecule has 0 N–H and O–H groups in total. The summed E-state index contributed by atoms with van der Waals surface area (Å²) >= 11 is 0. The van der Waals surface area contributed by atoms with Gasteiger partial charge in [0.05, 0.1) is 6.61 Å². The molecule has 0 radical (unpaired) electrons. The van der Waals surface area contributed by atoms with Crippen molar-refractivity contribution in [3.05, 3.63) is 5.82 Å². The highest BCUT2D eigenvalue weighted by Gasteiger charge is 2.17. The fourth-order valence-electron chi connectivity index (χ4n) is 1.09. The number of nitrogens with zero attached hydrogens (tertiary/aromatic N) is 4. The van der Waals surface area contributed by atoms with E-state index in [4.69, 9.17) is 4.74 Å². The molecule has 6 nitrogen and oxygen atoms in total. The average molecular weight is 212 g/mol. The number of carbonyl (C=O) groups is 1. The number of ether oxygens (including phenoxy) is 1. The second-order valence-corrected chi connectivity index (χ2v) is 3.42. The largest absolute Gasteiger partial charge is 0.460 e. The Bertz CT molecular complexity index is 324. The van der Waals surface area contributed by atoms with Crippen LogP contribution in [0.15, 0.2) is 0 Å². The Hall–Kier alpha value is -1.46. The second kappa shape index (κ2) is 5.43. The van der Waals surface area contributed by atoms with Crippen molar-refractivity contribution < 1.29 is 9.53 Å². The molecule has 0 spiro atoms. The summed E-state index contributed by atoms with van der Waals surface area (Å²) in [5.41, 5.74) is 0. The van der Waals surface area contributed by atoms with Crippen LogP contribution in [0.1, 0.15) is 37.8 Å². The lowest BCUT2D eigenvalue weighted by molar-refractivity contribution is 0.0503. The van der Waals surface area contributed by atoms with Gasteiger partial charge in [0.2, 0.25) is 0 Å². The maximum Gasteiger partial charge on any atom is 0.378 e. The van der Waals surface area contributed by atoms with Crippen LogP contribution in [-0.2, 0) is 11.3 Å². The molecule has 0 amide bonds. The van der Waals surface area contributed by atoms with E-state index in [1.54, 1.807) is 6.92 Å². The molecular weight excluding hydrogens is 196 g/mol. The van der Waals surface area contributed by atoms with Crippen molar-refractivity contribution in [2.24, 2.45) is 5.92 Å². The minimum Gasteiger partial charge on any atom is -0.460 e. The van der Waals surface area contributed by atoms with Crippen LogP contribution in [0.4, 0.5) is 0 Å². The van der Waals surface area contributed by atoms with Gasteiger partial charge in [-0.15, -0.1) is 5.10 Å². The van der Waals surface area contributed by atoms with Crippen molar-refractivity contribution in [3.63, 3.8) is 0 Å². The van der Waals surface area contributed by atoms with Crippen LogP contribution < -0.4 is 0 Å². The fourth-order valence-corrected chi connectivity index (χ4v) is 1.09. The normalized spacial score (nSPS) is 12.5. The monoisotopic (exact) mass is 212 g/mol. The van der Waals surface area contributed by atoms with E-state index in [2.05, 4.69) is 29.4 Å². The molecule has 0 saturated heterocycles. The van der Waals surface area contributed by atoms with Crippen molar-refractivity contribution in [2.45, 2.75) is 33.7 Å². The molecule has 0 bridgehead atoms. The predicted molar refractivity (Wildman–Crippen MR) is 53.2 cm³/mol. The van der Waals surface area contributed by atoms with Crippen LogP contribution in [0.2, 0.25) is 0 Å². The molecule has 1 heterocycles. The van der Waals surface area contributed by atoms with Crippen molar-refractivity contribution in [3.8, 4) is 0 Å². The number of hydrogen-bond acceptors (Lipinski definition) is 5. The van der Waals surface area contributed by atoms with Gasteiger partial charge in [-0.1, -0.05) is 20.3 Å². The molecule has 0 aliphatic heterocycles. The first kappa shape index (κ1) is 11.6. The third-order valence-electron chi connectivity index (χ3n) is 2.17. The van der Waals surface area contributed by atoms with E-state index in [-0.39, 0.29) is 5.82 Å². The minimum atomic E-state index is -0.467. The zero-order valence-corrected chi connectivity index (χ0v) is 9.30. The predicted octanol–water partition coefficient (Wildman–Crippen LogP) is 0.896. The third-order valence-corrected chi connectivity index (χ3v) is 2.17. The second-order valence-electron chi connectivity index (χ2n) is 3.42. The first-order valence-corrected chi connectivity index (χ1v) is 5.12. The van der Waals surface area contributed by atoms with Crippen molar-refractivity contribution in [1.82, 2.24) is 20.2 Å². The summed E-state index contributed by atoms with van der Waals surface area (Å²) in [6.07, 6.45) is 1.02. The summed E-state index contributed by atoms with van der Waals surface area (Å²) in [5, 5.41) is 10.9. The third kappa shape index (κ3) is 3.00. The van der Waals surface area contributed by atoms with Crippen LogP contribution in [-0.4, -0.2) is 32.8 Å². The highest BCUT2D eigenvalue weighted by Crippen LogP contribution is 2.05. The van der Waals surface area contributed by atoms with E-state index in [9.17, 15) is 4.79 Å². The number of esters is 1. The van der Waals surface area contributed by atoms with E-state index in [1.807, 2.05) is 0 Å².